The molecule has 0 aliphatic carbocycles. The summed E-state index contributed by atoms with van der Waals surface area (Å²) in [6.45, 7) is 0. The van der Waals surface area contributed by atoms with Crippen LogP contribution in [0.5, 0.6) is 5.75 Å². The molecule has 0 spiro atoms. The number of rotatable bonds is 2. The Labute approximate surface area is 75.7 Å². The molecule has 0 radical (unpaired) electrons. The van der Waals surface area contributed by atoms with E-state index in [9.17, 15) is 20.2 Å². The molecule has 1 N–H and O–H groups in total. The maximum absolute atomic E-state index is 10.5. The van der Waals surface area contributed by atoms with E-state index in [-0.39, 0.29) is 0 Å². The first-order valence-corrected chi connectivity index (χ1v) is 2.90. The Morgan fingerprint density at radius 1 is 1.31 bits per heavy atom. The molecule has 0 saturated heterocycles. The van der Waals surface area contributed by atoms with Crippen molar-refractivity contribution in [1.82, 2.24) is 0 Å². The molecule has 0 aromatic heterocycles. The van der Waals surface area contributed by atoms with Crippen molar-refractivity contribution in [3.63, 3.8) is 0 Å². The largest absolute Gasteiger partial charge is 0.502 e. The summed E-state index contributed by atoms with van der Waals surface area (Å²) in [5.74, 6) is -1.22. The minimum absolute atomic E-state index is 1.03. The first kappa shape index (κ1) is 5.46. The molecular formula is C6H4N2O5. The Balaban J connectivity index is 3.80. The zero-order valence-electron chi connectivity index (χ0n) is 8.97. The normalized spacial score (nSPS) is 12.8. The molecule has 13 heavy (non-hydrogen) atoms. The number of nitro groups is 2. The number of hydrogen-bond donors (Lipinski definition) is 1. The van der Waals surface area contributed by atoms with Crippen molar-refractivity contribution in [2.45, 2.75) is 0 Å². The lowest BCUT2D eigenvalue weighted by molar-refractivity contribution is -0.394. The van der Waals surface area contributed by atoms with Crippen LogP contribution >= 0.6 is 0 Å². The van der Waals surface area contributed by atoms with Gasteiger partial charge in [-0.05, 0) is 6.04 Å². The van der Waals surface area contributed by atoms with Crippen LogP contribution in [0.2, 0.25) is 0 Å². The van der Waals surface area contributed by atoms with Crippen LogP contribution in [0.4, 0.5) is 11.4 Å². The van der Waals surface area contributed by atoms with E-state index >= 15 is 0 Å². The molecule has 0 aliphatic heterocycles. The van der Waals surface area contributed by atoms with Crippen LogP contribution in [0.15, 0.2) is 18.1 Å². The predicted molar refractivity (Wildman–Crippen MR) is 41.4 cm³/mol. The molecule has 0 atom stereocenters. The summed E-state index contributed by atoms with van der Waals surface area (Å²) in [4.78, 5) is 18.5. The van der Waals surface area contributed by atoms with E-state index in [1.165, 1.54) is 0 Å². The van der Waals surface area contributed by atoms with Crippen LogP contribution in [0.3, 0.4) is 0 Å². The molecule has 0 aliphatic rings. The fourth-order valence-corrected chi connectivity index (χ4v) is 0.604. The monoisotopic (exact) mass is 187 g/mol. The number of benzene rings is 1. The van der Waals surface area contributed by atoms with Gasteiger partial charge >= 0.3 is 5.69 Å². The lowest BCUT2D eigenvalue weighted by Crippen LogP contribution is -1.92. The van der Waals surface area contributed by atoms with Crippen molar-refractivity contribution in [3.05, 3.63) is 38.4 Å². The molecule has 0 heterocycles. The van der Waals surface area contributed by atoms with Crippen molar-refractivity contribution in [1.29, 1.82) is 0 Å². The standard InChI is InChI=1S/C6H4N2O5/c9-6-2-1-4(7(10)11)3-5(6)8(12)13/h1-3,9H/i1D,2D,3D. The van der Waals surface area contributed by atoms with Crippen molar-refractivity contribution in [2.75, 3.05) is 0 Å². The maximum Gasteiger partial charge on any atom is 0.317 e. The predicted octanol–water partition coefficient (Wildman–Crippen LogP) is 1.21. The lowest BCUT2D eigenvalue weighted by Gasteiger charge is -1.94. The Kier molecular flexibility index (Phi) is 1.28. The van der Waals surface area contributed by atoms with Crippen LogP contribution in [-0.2, 0) is 0 Å². The highest BCUT2D eigenvalue weighted by atomic mass is 16.6. The molecular weight excluding hydrogens is 180 g/mol. The number of phenolic OH excluding ortho intramolecular Hbond substituents is 1. The average molecular weight is 187 g/mol. The molecule has 0 bridgehead atoms. The summed E-state index contributed by atoms with van der Waals surface area (Å²) < 4.78 is 21.3. The average Bonchev–Trinajstić information content (AvgIpc) is 2.13. The molecule has 7 nitrogen and oxygen atoms in total. The minimum Gasteiger partial charge on any atom is -0.502 e. The second kappa shape index (κ2) is 3.05. The third-order valence-corrected chi connectivity index (χ3v) is 1.13. The van der Waals surface area contributed by atoms with Crippen LogP contribution in [0.25, 0.3) is 0 Å². The van der Waals surface area contributed by atoms with E-state index in [1.54, 1.807) is 0 Å². The Morgan fingerprint density at radius 2 is 1.92 bits per heavy atom. The third kappa shape index (κ3) is 1.70. The van der Waals surface area contributed by atoms with Gasteiger partial charge in [-0.25, -0.2) is 0 Å². The molecule has 0 fully saturated rings. The van der Waals surface area contributed by atoms with Gasteiger partial charge in [0.2, 0.25) is 0 Å². The fraction of sp³-hybridized carbons (Fsp3) is 0. The summed E-state index contributed by atoms with van der Waals surface area (Å²) >= 11 is 0. The van der Waals surface area contributed by atoms with Crippen molar-refractivity contribution in [3.8, 4) is 5.75 Å². The molecule has 7 heteroatoms. The number of aromatic hydroxyl groups is 1. The van der Waals surface area contributed by atoms with Crippen molar-refractivity contribution >= 4 is 11.4 Å². The lowest BCUT2D eigenvalue weighted by atomic mass is 10.2. The Morgan fingerprint density at radius 3 is 2.38 bits per heavy atom. The van der Waals surface area contributed by atoms with Crippen LogP contribution in [-0.4, -0.2) is 15.0 Å². The molecule has 0 amide bonds. The van der Waals surface area contributed by atoms with E-state index in [0.717, 1.165) is 0 Å². The summed E-state index contributed by atoms with van der Waals surface area (Å²) in [5.41, 5.74) is -2.41. The topological polar surface area (TPSA) is 107 Å². The Bertz CT molecular complexity index is 462. The second-order valence-electron chi connectivity index (χ2n) is 1.94. The molecule has 1 aromatic carbocycles. The van der Waals surface area contributed by atoms with Crippen LogP contribution in [0, 0.1) is 20.2 Å². The van der Waals surface area contributed by atoms with E-state index < -0.39 is 45.1 Å². The molecule has 0 unspecified atom stereocenters. The third-order valence-electron chi connectivity index (χ3n) is 1.13. The van der Waals surface area contributed by atoms with Gasteiger partial charge in [0.25, 0.3) is 5.69 Å². The van der Waals surface area contributed by atoms with E-state index in [2.05, 4.69) is 0 Å². The van der Waals surface area contributed by atoms with E-state index in [0.29, 0.717) is 0 Å². The number of phenols is 1. The number of nitro benzene ring substituents is 2. The van der Waals surface area contributed by atoms with E-state index in [1.807, 2.05) is 0 Å². The first-order valence-electron chi connectivity index (χ1n) is 4.40. The van der Waals surface area contributed by atoms with Gasteiger partial charge in [0, 0.05) is 6.04 Å². The van der Waals surface area contributed by atoms with Gasteiger partial charge in [0.05, 0.1) is 20.0 Å². The quantitative estimate of drug-likeness (QED) is 0.553. The highest BCUT2D eigenvalue weighted by Gasteiger charge is 2.18. The summed E-state index contributed by atoms with van der Waals surface area (Å²) in [5, 5.41) is 30.0. The van der Waals surface area contributed by atoms with Crippen molar-refractivity contribution < 1.29 is 19.1 Å². The summed E-state index contributed by atoms with van der Waals surface area (Å²) in [6, 6.07) is -3.26. The maximum atomic E-state index is 10.5. The fourth-order valence-electron chi connectivity index (χ4n) is 0.604. The second-order valence-corrected chi connectivity index (χ2v) is 1.94. The van der Waals surface area contributed by atoms with Gasteiger partial charge in [-0.3, -0.25) is 20.2 Å². The zero-order chi connectivity index (χ0) is 12.6. The molecule has 0 saturated carbocycles. The van der Waals surface area contributed by atoms with Crippen LogP contribution in [0.1, 0.15) is 4.11 Å². The van der Waals surface area contributed by atoms with Crippen molar-refractivity contribution in [2.24, 2.45) is 0 Å². The van der Waals surface area contributed by atoms with Gasteiger partial charge in [0.15, 0.2) is 5.75 Å². The van der Waals surface area contributed by atoms with Crippen LogP contribution < -0.4 is 0 Å². The Hall–Kier alpha value is -2.18. The van der Waals surface area contributed by atoms with Gasteiger partial charge < -0.3 is 5.11 Å². The molecule has 1 rings (SSSR count). The highest BCUT2D eigenvalue weighted by Crippen LogP contribution is 2.29. The van der Waals surface area contributed by atoms with Gasteiger partial charge in [-0.2, -0.15) is 0 Å². The highest BCUT2D eigenvalue weighted by molar-refractivity contribution is 5.52. The van der Waals surface area contributed by atoms with Gasteiger partial charge in [-0.15, -0.1) is 0 Å². The minimum atomic E-state index is -1.24. The summed E-state index contributed by atoms with van der Waals surface area (Å²) in [7, 11) is 0. The number of nitrogens with zero attached hydrogens (tertiary/aromatic N) is 2. The number of hydrogen-bond acceptors (Lipinski definition) is 5. The summed E-state index contributed by atoms with van der Waals surface area (Å²) in [6.07, 6.45) is 0. The first-order chi connectivity index (χ1) is 7.29. The van der Waals surface area contributed by atoms with Gasteiger partial charge in [0.1, 0.15) is 0 Å². The smallest absolute Gasteiger partial charge is 0.317 e. The molecule has 1 aromatic rings. The SMILES string of the molecule is [2H]c1c([2H])c([N+](=O)[O-])c([2H])c([N+](=O)[O-])c1O. The molecule has 68 valence electrons. The van der Waals surface area contributed by atoms with E-state index in [4.69, 9.17) is 9.22 Å². The zero-order valence-corrected chi connectivity index (χ0v) is 5.97. The van der Waals surface area contributed by atoms with Gasteiger partial charge in [-0.1, -0.05) is 0 Å².